The second kappa shape index (κ2) is 4.53. The summed E-state index contributed by atoms with van der Waals surface area (Å²) in [6.07, 6.45) is 5.33. The molecule has 0 saturated carbocycles. The fraction of sp³-hybridized carbons (Fsp3) is 0. The zero-order valence-corrected chi connectivity index (χ0v) is 13.0. The van der Waals surface area contributed by atoms with Crippen LogP contribution in [-0.2, 0) is 0 Å². The fourth-order valence-corrected chi connectivity index (χ4v) is 5.15. The molecule has 0 amide bonds. The van der Waals surface area contributed by atoms with Crippen molar-refractivity contribution in [1.29, 1.82) is 0 Å². The van der Waals surface area contributed by atoms with E-state index in [0.717, 1.165) is 16.7 Å². The van der Waals surface area contributed by atoms with Crippen molar-refractivity contribution in [2.45, 2.75) is 0 Å². The van der Waals surface area contributed by atoms with Gasteiger partial charge in [-0.25, -0.2) is 9.97 Å². The van der Waals surface area contributed by atoms with Crippen LogP contribution in [0.15, 0.2) is 47.8 Å². The standard InChI is InChI=1S/C16H10N4S2/c1-2-12-13(20-8-19-12)3-9(1)10-5-21-16-11(6-22-15(10)16)14-4-17-7-18-14/h1-8H,(H,17,18)(H,19,20). The maximum absolute atomic E-state index is 4.28. The molecule has 106 valence electrons. The third-order valence-electron chi connectivity index (χ3n) is 3.80. The molecule has 0 atom stereocenters. The zero-order valence-electron chi connectivity index (χ0n) is 11.3. The van der Waals surface area contributed by atoms with Crippen molar-refractivity contribution in [3.8, 4) is 22.4 Å². The second-order valence-corrected chi connectivity index (χ2v) is 6.82. The molecule has 0 aliphatic heterocycles. The number of rotatable bonds is 2. The van der Waals surface area contributed by atoms with E-state index in [-0.39, 0.29) is 0 Å². The Morgan fingerprint density at radius 1 is 0.909 bits per heavy atom. The van der Waals surface area contributed by atoms with Gasteiger partial charge in [-0.3, -0.25) is 0 Å². The lowest BCUT2D eigenvalue weighted by atomic mass is 10.1. The molecule has 4 aromatic heterocycles. The summed E-state index contributed by atoms with van der Waals surface area (Å²) in [5.74, 6) is 0. The van der Waals surface area contributed by atoms with Gasteiger partial charge in [0, 0.05) is 21.9 Å². The number of hydrogen-bond donors (Lipinski definition) is 2. The molecule has 0 unspecified atom stereocenters. The lowest BCUT2D eigenvalue weighted by Gasteiger charge is -1.98. The zero-order chi connectivity index (χ0) is 14.5. The Balaban J connectivity index is 1.72. The van der Waals surface area contributed by atoms with E-state index in [9.17, 15) is 0 Å². The van der Waals surface area contributed by atoms with Gasteiger partial charge in [0.05, 0.1) is 45.0 Å². The van der Waals surface area contributed by atoms with E-state index in [1.54, 1.807) is 35.3 Å². The van der Waals surface area contributed by atoms with Crippen molar-refractivity contribution in [1.82, 2.24) is 19.9 Å². The highest BCUT2D eigenvalue weighted by atomic mass is 32.1. The number of hydrogen-bond acceptors (Lipinski definition) is 4. The number of fused-ring (bicyclic) bond motifs is 2. The molecule has 0 aliphatic carbocycles. The number of aromatic amines is 2. The predicted octanol–water partition coefficient (Wildman–Crippen LogP) is 4.90. The SMILES string of the molecule is c1ncc(-c2csc3c(-c4ccc5nc[nH]c5c4)csc23)[nH]1. The topological polar surface area (TPSA) is 57.4 Å². The van der Waals surface area contributed by atoms with Gasteiger partial charge in [-0.05, 0) is 17.7 Å². The molecule has 0 radical (unpaired) electrons. The number of nitrogens with one attached hydrogen (secondary N) is 2. The summed E-state index contributed by atoms with van der Waals surface area (Å²) >= 11 is 3.57. The van der Waals surface area contributed by atoms with Crippen LogP contribution < -0.4 is 0 Å². The summed E-state index contributed by atoms with van der Waals surface area (Å²) in [4.78, 5) is 14.8. The second-order valence-electron chi connectivity index (χ2n) is 5.06. The first-order chi connectivity index (χ1) is 10.9. The number of imidazole rings is 2. The van der Waals surface area contributed by atoms with Crippen molar-refractivity contribution < 1.29 is 0 Å². The Labute approximate surface area is 133 Å². The molecule has 1 aromatic carbocycles. The van der Waals surface area contributed by atoms with Crippen molar-refractivity contribution in [3.05, 3.63) is 47.8 Å². The largest absolute Gasteiger partial charge is 0.345 e. The highest BCUT2D eigenvalue weighted by Gasteiger charge is 2.14. The van der Waals surface area contributed by atoms with Gasteiger partial charge in [-0.15, -0.1) is 22.7 Å². The van der Waals surface area contributed by atoms with Crippen molar-refractivity contribution >= 4 is 43.1 Å². The fourth-order valence-electron chi connectivity index (χ4n) is 2.71. The summed E-state index contributed by atoms with van der Waals surface area (Å²) in [5.41, 5.74) is 6.88. The Kier molecular flexibility index (Phi) is 2.50. The average Bonchev–Trinajstić information content (AvgIpc) is 3.29. The maximum Gasteiger partial charge on any atom is 0.0931 e. The molecule has 2 N–H and O–H groups in total. The lowest BCUT2D eigenvalue weighted by molar-refractivity contribution is 1.32. The van der Waals surface area contributed by atoms with Crippen LogP contribution in [0.3, 0.4) is 0 Å². The van der Waals surface area contributed by atoms with E-state index < -0.39 is 0 Å². The highest BCUT2D eigenvalue weighted by molar-refractivity contribution is 7.27. The van der Waals surface area contributed by atoms with E-state index in [2.05, 4.69) is 48.9 Å². The van der Waals surface area contributed by atoms with E-state index in [4.69, 9.17) is 0 Å². The summed E-state index contributed by atoms with van der Waals surface area (Å²) in [7, 11) is 0. The van der Waals surface area contributed by atoms with Gasteiger partial charge < -0.3 is 9.97 Å². The minimum absolute atomic E-state index is 1.000. The minimum atomic E-state index is 1.000. The van der Waals surface area contributed by atoms with Crippen LogP contribution in [0.1, 0.15) is 0 Å². The van der Waals surface area contributed by atoms with Gasteiger partial charge in [0.2, 0.25) is 0 Å². The quantitative estimate of drug-likeness (QED) is 0.486. The van der Waals surface area contributed by atoms with E-state index in [1.165, 1.54) is 26.1 Å². The van der Waals surface area contributed by atoms with Crippen LogP contribution in [0.4, 0.5) is 0 Å². The first-order valence-corrected chi connectivity index (χ1v) is 8.57. The number of H-pyrrole nitrogens is 2. The average molecular weight is 322 g/mol. The van der Waals surface area contributed by atoms with Crippen LogP contribution in [0.25, 0.3) is 42.8 Å². The number of aromatic nitrogens is 4. The molecule has 6 heteroatoms. The highest BCUT2D eigenvalue weighted by Crippen LogP contribution is 2.43. The van der Waals surface area contributed by atoms with Gasteiger partial charge in [0.1, 0.15) is 0 Å². The van der Waals surface area contributed by atoms with Crippen molar-refractivity contribution in [3.63, 3.8) is 0 Å². The summed E-state index contributed by atoms with van der Waals surface area (Å²) in [6, 6.07) is 6.37. The summed E-state index contributed by atoms with van der Waals surface area (Å²) < 4.78 is 2.64. The Bertz CT molecular complexity index is 1080. The monoisotopic (exact) mass is 322 g/mol. The van der Waals surface area contributed by atoms with E-state index >= 15 is 0 Å². The molecule has 0 spiro atoms. The number of nitrogens with zero attached hydrogens (tertiary/aromatic N) is 2. The molecule has 0 aliphatic rings. The first-order valence-electron chi connectivity index (χ1n) is 6.81. The van der Waals surface area contributed by atoms with Crippen LogP contribution in [0.5, 0.6) is 0 Å². The normalized spacial score (nSPS) is 11.6. The third kappa shape index (κ3) is 1.68. The molecule has 5 rings (SSSR count). The predicted molar refractivity (Wildman–Crippen MR) is 92.4 cm³/mol. The van der Waals surface area contributed by atoms with E-state index in [1.807, 2.05) is 6.20 Å². The molecule has 5 aromatic rings. The van der Waals surface area contributed by atoms with Crippen LogP contribution in [0, 0.1) is 0 Å². The Hall–Kier alpha value is -2.44. The van der Waals surface area contributed by atoms with Crippen LogP contribution in [-0.4, -0.2) is 19.9 Å². The molecule has 0 fully saturated rings. The van der Waals surface area contributed by atoms with Gasteiger partial charge in [-0.1, -0.05) is 6.07 Å². The molecule has 4 nitrogen and oxygen atoms in total. The van der Waals surface area contributed by atoms with Gasteiger partial charge >= 0.3 is 0 Å². The molecule has 22 heavy (non-hydrogen) atoms. The molecular formula is C16H10N4S2. The van der Waals surface area contributed by atoms with Crippen molar-refractivity contribution in [2.24, 2.45) is 0 Å². The molecule has 0 saturated heterocycles. The van der Waals surface area contributed by atoms with Crippen LogP contribution >= 0.6 is 22.7 Å². The van der Waals surface area contributed by atoms with Gasteiger partial charge in [-0.2, -0.15) is 0 Å². The smallest absolute Gasteiger partial charge is 0.0931 e. The van der Waals surface area contributed by atoms with Crippen LogP contribution in [0.2, 0.25) is 0 Å². The Morgan fingerprint density at radius 3 is 2.64 bits per heavy atom. The third-order valence-corrected chi connectivity index (χ3v) is 5.96. The number of thiophene rings is 2. The minimum Gasteiger partial charge on any atom is -0.345 e. The van der Waals surface area contributed by atoms with Gasteiger partial charge in [0.25, 0.3) is 0 Å². The van der Waals surface area contributed by atoms with E-state index in [0.29, 0.717) is 0 Å². The first kappa shape index (κ1) is 12.1. The Morgan fingerprint density at radius 2 is 1.77 bits per heavy atom. The maximum atomic E-state index is 4.28. The lowest BCUT2D eigenvalue weighted by Crippen LogP contribution is -1.75. The molecular weight excluding hydrogens is 312 g/mol. The molecule has 4 heterocycles. The number of benzene rings is 1. The summed E-state index contributed by atoms with van der Waals surface area (Å²) in [5, 5.41) is 4.44. The molecule has 0 bridgehead atoms. The van der Waals surface area contributed by atoms with Gasteiger partial charge in [0.15, 0.2) is 0 Å². The summed E-state index contributed by atoms with van der Waals surface area (Å²) in [6.45, 7) is 0. The van der Waals surface area contributed by atoms with Crippen molar-refractivity contribution in [2.75, 3.05) is 0 Å².